The zero-order chi connectivity index (χ0) is 18.0. The lowest BCUT2D eigenvalue weighted by atomic mass is 9.97. The minimum absolute atomic E-state index is 0.370. The van der Waals surface area contributed by atoms with E-state index in [-0.39, 0.29) is 5.78 Å². The number of amides is 4. The highest BCUT2D eigenvalue weighted by atomic mass is 16.2. The van der Waals surface area contributed by atoms with Crippen molar-refractivity contribution in [3.8, 4) is 0 Å². The van der Waals surface area contributed by atoms with Crippen molar-refractivity contribution in [1.29, 1.82) is 0 Å². The molecule has 1 aliphatic heterocycles. The van der Waals surface area contributed by atoms with Crippen LogP contribution in [0.25, 0.3) is 0 Å². The number of hydrogen-bond donors (Lipinski definition) is 0. The molecule has 1 heterocycles. The van der Waals surface area contributed by atoms with Crippen molar-refractivity contribution in [2.75, 3.05) is 6.54 Å². The standard InChI is InChI=1S/C18H22N2O4/c1-5-12(4)13-6-8-14(9-7-13)15(21)10-19-16(22)17(23)20(11(2)3)18(19)24/h6-9,11-12H,5,10H2,1-4H3/t12-/m1/s1. The number of benzene rings is 1. The molecule has 0 radical (unpaired) electrons. The number of Topliss-reactive ketones (excluding diaryl/α,β-unsaturated/α-hetero) is 1. The largest absolute Gasteiger partial charge is 0.334 e. The van der Waals surface area contributed by atoms with Crippen molar-refractivity contribution in [3.63, 3.8) is 0 Å². The average Bonchev–Trinajstić information content (AvgIpc) is 2.77. The molecule has 1 saturated heterocycles. The lowest BCUT2D eigenvalue weighted by Crippen LogP contribution is -2.39. The second-order valence-corrected chi connectivity index (χ2v) is 6.30. The second-order valence-electron chi connectivity index (χ2n) is 6.30. The molecule has 0 saturated carbocycles. The number of urea groups is 1. The molecule has 0 spiro atoms. The maximum Gasteiger partial charge on any atom is 0.334 e. The number of nitrogens with zero attached hydrogens (tertiary/aromatic N) is 2. The Morgan fingerprint density at radius 2 is 1.58 bits per heavy atom. The summed E-state index contributed by atoms with van der Waals surface area (Å²) in [7, 11) is 0. The first kappa shape index (κ1) is 17.8. The maximum atomic E-state index is 12.3. The van der Waals surface area contributed by atoms with Crippen LogP contribution in [0.4, 0.5) is 4.79 Å². The molecule has 1 aromatic carbocycles. The van der Waals surface area contributed by atoms with Crippen molar-refractivity contribution in [1.82, 2.24) is 9.80 Å². The van der Waals surface area contributed by atoms with Gasteiger partial charge in [0.15, 0.2) is 5.78 Å². The van der Waals surface area contributed by atoms with Crippen LogP contribution < -0.4 is 0 Å². The fourth-order valence-corrected chi connectivity index (χ4v) is 2.59. The smallest absolute Gasteiger partial charge is 0.292 e. The number of carbonyl (C=O) groups excluding carboxylic acids is 4. The lowest BCUT2D eigenvalue weighted by molar-refractivity contribution is -0.143. The van der Waals surface area contributed by atoms with Crippen molar-refractivity contribution >= 4 is 23.6 Å². The Hall–Kier alpha value is -2.50. The number of carbonyl (C=O) groups is 4. The van der Waals surface area contributed by atoms with Gasteiger partial charge in [0.2, 0.25) is 0 Å². The van der Waals surface area contributed by atoms with Gasteiger partial charge in [-0.2, -0.15) is 0 Å². The summed E-state index contributed by atoms with van der Waals surface area (Å²) in [4.78, 5) is 49.9. The van der Waals surface area contributed by atoms with Gasteiger partial charge in [-0.1, -0.05) is 38.1 Å². The Labute approximate surface area is 141 Å². The summed E-state index contributed by atoms with van der Waals surface area (Å²) in [5.41, 5.74) is 1.54. The Kier molecular flexibility index (Phi) is 5.17. The molecule has 6 nitrogen and oxygen atoms in total. The van der Waals surface area contributed by atoms with Gasteiger partial charge in [0.25, 0.3) is 0 Å². The highest BCUT2D eigenvalue weighted by molar-refractivity contribution is 6.45. The number of ketones is 1. The first-order valence-electron chi connectivity index (χ1n) is 8.10. The third-order valence-corrected chi connectivity index (χ3v) is 4.32. The molecule has 6 heteroatoms. The van der Waals surface area contributed by atoms with Gasteiger partial charge in [0, 0.05) is 11.6 Å². The van der Waals surface area contributed by atoms with Crippen LogP contribution in [-0.2, 0) is 9.59 Å². The summed E-state index contributed by atoms with van der Waals surface area (Å²) >= 11 is 0. The fourth-order valence-electron chi connectivity index (χ4n) is 2.59. The van der Waals surface area contributed by atoms with E-state index < -0.39 is 30.4 Å². The summed E-state index contributed by atoms with van der Waals surface area (Å²) in [6, 6.07) is 5.98. The first-order chi connectivity index (χ1) is 11.3. The SMILES string of the molecule is CC[C@@H](C)c1ccc(C(=O)CN2C(=O)C(=O)N(C(C)C)C2=O)cc1. The van der Waals surface area contributed by atoms with Gasteiger partial charge >= 0.3 is 17.8 Å². The molecule has 0 unspecified atom stereocenters. The zero-order valence-corrected chi connectivity index (χ0v) is 14.4. The summed E-state index contributed by atoms with van der Waals surface area (Å²) in [6.45, 7) is 7.05. The molecule has 24 heavy (non-hydrogen) atoms. The third-order valence-electron chi connectivity index (χ3n) is 4.32. The van der Waals surface area contributed by atoms with Crippen LogP contribution in [0, 0.1) is 0 Å². The Balaban J connectivity index is 2.13. The van der Waals surface area contributed by atoms with Gasteiger partial charge in [-0.15, -0.1) is 0 Å². The molecule has 0 bridgehead atoms. The van der Waals surface area contributed by atoms with Gasteiger partial charge in [-0.05, 0) is 31.7 Å². The molecular formula is C18H22N2O4. The first-order valence-corrected chi connectivity index (χ1v) is 8.10. The highest BCUT2D eigenvalue weighted by Gasteiger charge is 2.46. The normalized spacial score (nSPS) is 16.3. The Morgan fingerprint density at radius 1 is 1.00 bits per heavy atom. The van der Waals surface area contributed by atoms with E-state index >= 15 is 0 Å². The van der Waals surface area contributed by atoms with E-state index in [9.17, 15) is 19.2 Å². The molecule has 0 aliphatic carbocycles. The minimum Gasteiger partial charge on any atom is -0.292 e. The minimum atomic E-state index is -0.946. The van der Waals surface area contributed by atoms with E-state index in [1.807, 2.05) is 12.1 Å². The second kappa shape index (κ2) is 6.95. The summed E-state index contributed by atoms with van der Waals surface area (Å²) < 4.78 is 0. The van der Waals surface area contributed by atoms with Gasteiger partial charge in [-0.25, -0.2) is 9.69 Å². The number of rotatable bonds is 6. The molecule has 2 rings (SSSR count). The maximum absolute atomic E-state index is 12.3. The molecule has 0 aromatic heterocycles. The van der Waals surface area contributed by atoms with E-state index in [4.69, 9.17) is 0 Å². The van der Waals surface area contributed by atoms with Crippen LogP contribution in [0.3, 0.4) is 0 Å². The fraction of sp³-hybridized carbons (Fsp3) is 0.444. The van der Waals surface area contributed by atoms with Crippen LogP contribution >= 0.6 is 0 Å². The zero-order valence-electron chi connectivity index (χ0n) is 14.4. The molecule has 0 N–H and O–H groups in total. The van der Waals surface area contributed by atoms with Gasteiger partial charge in [0.05, 0.1) is 6.54 Å². The van der Waals surface area contributed by atoms with Crippen LogP contribution in [-0.4, -0.2) is 46.0 Å². The molecule has 4 amide bonds. The van der Waals surface area contributed by atoms with Gasteiger partial charge in [-0.3, -0.25) is 19.3 Å². The van der Waals surface area contributed by atoms with Gasteiger partial charge in [0.1, 0.15) is 0 Å². The van der Waals surface area contributed by atoms with Crippen LogP contribution in [0.5, 0.6) is 0 Å². The molecule has 1 aliphatic rings. The van der Waals surface area contributed by atoms with Crippen LogP contribution in [0.2, 0.25) is 0 Å². The van der Waals surface area contributed by atoms with Crippen LogP contribution in [0.1, 0.15) is 56.0 Å². The van der Waals surface area contributed by atoms with Crippen molar-refractivity contribution in [2.45, 2.75) is 46.1 Å². The van der Waals surface area contributed by atoms with E-state index in [0.717, 1.165) is 16.9 Å². The lowest BCUT2D eigenvalue weighted by Gasteiger charge is -2.18. The average molecular weight is 330 g/mol. The summed E-state index contributed by atoms with van der Waals surface area (Å²) in [5, 5.41) is 0. The van der Waals surface area contributed by atoms with E-state index in [1.165, 1.54) is 0 Å². The molecule has 128 valence electrons. The summed E-state index contributed by atoms with van der Waals surface area (Å²) in [6.07, 6.45) is 0.997. The molecular weight excluding hydrogens is 308 g/mol. The number of hydrogen-bond acceptors (Lipinski definition) is 4. The Bertz CT molecular complexity index is 679. The van der Waals surface area contributed by atoms with Crippen molar-refractivity contribution in [2.24, 2.45) is 0 Å². The summed E-state index contributed by atoms with van der Waals surface area (Å²) in [5.74, 6) is -1.80. The highest BCUT2D eigenvalue weighted by Crippen LogP contribution is 2.20. The predicted molar refractivity (Wildman–Crippen MR) is 88.6 cm³/mol. The van der Waals surface area contributed by atoms with Crippen molar-refractivity contribution in [3.05, 3.63) is 35.4 Å². The molecule has 1 atom stereocenters. The van der Waals surface area contributed by atoms with E-state index in [2.05, 4.69) is 13.8 Å². The Morgan fingerprint density at radius 3 is 2.04 bits per heavy atom. The van der Waals surface area contributed by atoms with Crippen LogP contribution in [0.15, 0.2) is 24.3 Å². The van der Waals surface area contributed by atoms with E-state index in [1.54, 1.807) is 26.0 Å². The molecule has 1 aromatic rings. The molecule has 1 fully saturated rings. The van der Waals surface area contributed by atoms with Crippen molar-refractivity contribution < 1.29 is 19.2 Å². The quantitative estimate of drug-likeness (QED) is 0.456. The number of imide groups is 2. The van der Waals surface area contributed by atoms with Gasteiger partial charge < -0.3 is 0 Å². The predicted octanol–water partition coefficient (Wildman–Crippen LogP) is 2.58. The topological polar surface area (TPSA) is 74.8 Å². The third kappa shape index (κ3) is 3.22. The van der Waals surface area contributed by atoms with E-state index in [0.29, 0.717) is 16.4 Å². The monoisotopic (exact) mass is 330 g/mol.